The summed E-state index contributed by atoms with van der Waals surface area (Å²) >= 11 is 12.5. The third-order valence-electron chi connectivity index (χ3n) is 1.91. The molecule has 1 aromatic rings. The Bertz CT molecular complexity index is 477. The molecule has 0 spiro atoms. The average Bonchev–Trinajstić information content (AvgIpc) is 2.26. The standard InChI is InChI=1S/C12H9Br2ClO2/c1-17-12(16)5-3-8-2-4-10(15)6-9(8)7-11(13)14/h2-7H,1H3/b5-3+. The molecule has 1 aromatic carbocycles. The molecule has 17 heavy (non-hydrogen) atoms. The molecule has 90 valence electrons. The normalized spacial score (nSPS) is 10.4. The maximum Gasteiger partial charge on any atom is 0.330 e. The van der Waals surface area contributed by atoms with Gasteiger partial charge in [-0.1, -0.05) is 17.7 Å². The molecule has 0 saturated carbocycles. The van der Waals surface area contributed by atoms with Gasteiger partial charge in [0, 0.05) is 11.1 Å². The van der Waals surface area contributed by atoms with Crippen LogP contribution >= 0.6 is 43.5 Å². The summed E-state index contributed by atoms with van der Waals surface area (Å²) in [6.45, 7) is 0. The van der Waals surface area contributed by atoms with Crippen LogP contribution < -0.4 is 0 Å². The van der Waals surface area contributed by atoms with E-state index in [1.54, 1.807) is 18.2 Å². The van der Waals surface area contributed by atoms with E-state index < -0.39 is 5.97 Å². The zero-order chi connectivity index (χ0) is 12.8. The van der Waals surface area contributed by atoms with Crippen LogP contribution in [0.2, 0.25) is 5.02 Å². The predicted molar refractivity (Wildman–Crippen MR) is 78.3 cm³/mol. The van der Waals surface area contributed by atoms with E-state index in [4.69, 9.17) is 11.6 Å². The van der Waals surface area contributed by atoms with Gasteiger partial charge in [0.2, 0.25) is 0 Å². The van der Waals surface area contributed by atoms with Gasteiger partial charge in [0.15, 0.2) is 0 Å². The van der Waals surface area contributed by atoms with E-state index in [1.807, 2.05) is 12.1 Å². The highest BCUT2D eigenvalue weighted by atomic mass is 79.9. The van der Waals surface area contributed by atoms with E-state index in [0.29, 0.717) is 5.02 Å². The highest BCUT2D eigenvalue weighted by Crippen LogP contribution is 2.24. The van der Waals surface area contributed by atoms with Crippen molar-refractivity contribution in [3.05, 3.63) is 43.8 Å². The second-order valence-corrected chi connectivity index (χ2v) is 6.27. The second-order valence-electron chi connectivity index (χ2n) is 3.06. The number of benzene rings is 1. The van der Waals surface area contributed by atoms with Crippen LogP contribution in [-0.4, -0.2) is 13.1 Å². The first-order chi connectivity index (χ1) is 8.02. The Kier molecular flexibility index (Phi) is 5.95. The van der Waals surface area contributed by atoms with E-state index >= 15 is 0 Å². The maximum absolute atomic E-state index is 11.0. The van der Waals surface area contributed by atoms with Crippen molar-refractivity contribution in [1.82, 2.24) is 0 Å². The van der Waals surface area contributed by atoms with Gasteiger partial charge >= 0.3 is 5.97 Å². The fourth-order valence-corrected chi connectivity index (χ4v) is 1.84. The summed E-state index contributed by atoms with van der Waals surface area (Å²) < 4.78 is 5.32. The van der Waals surface area contributed by atoms with Crippen molar-refractivity contribution in [2.45, 2.75) is 0 Å². The first-order valence-corrected chi connectivity index (χ1v) is 6.57. The van der Waals surface area contributed by atoms with Crippen LogP contribution in [0.25, 0.3) is 12.2 Å². The summed E-state index contributed by atoms with van der Waals surface area (Å²) in [4.78, 5) is 11.0. The molecule has 0 N–H and O–H groups in total. The van der Waals surface area contributed by atoms with E-state index in [2.05, 4.69) is 36.6 Å². The SMILES string of the molecule is COC(=O)/C=C/c1ccc(Cl)cc1C=C(Br)Br. The number of rotatable bonds is 3. The van der Waals surface area contributed by atoms with Crippen LogP contribution in [0.3, 0.4) is 0 Å². The third-order valence-corrected chi connectivity index (χ3v) is 2.61. The predicted octanol–water partition coefficient (Wildman–Crippen LogP) is 4.61. The van der Waals surface area contributed by atoms with E-state index in [-0.39, 0.29) is 0 Å². The van der Waals surface area contributed by atoms with Gasteiger partial charge in [-0.05, 0) is 67.3 Å². The Morgan fingerprint density at radius 1 is 1.35 bits per heavy atom. The van der Waals surface area contributed by atoms with Gasteiger partial charge in [-0.25, -0.2) is 4.79 Å². The number of methoxy groups -OCH3 is 1. The molecule has 0 aliphatic heterocycles. The summed E-state index contributed by atoms with van der Waals surface area (Å²) in [5.41, 5.74) is 1.76. The van der Waals surface area contributed by atoms with Gasteiger partial charge in [0.05, 0.1) is 10.5 Å². The lowest BCUT2D eigenvalue weighted by atomic mass is 10.1. The van der Waals surface area contributed by atoms with Crippen molar-refractivity contribution in [2.75, 3.05) is 7.11 Å². The Morgan fingerprint density at radius 2 is 2.06 bits per heavy atom. The quantitative estimate of drug-likeness (QED) is 0.565. The highest BCUT2D eigenvalue weighted by molar-refractivity contribution is 9.28. The van der Waals surface area contributed by atoms with Gasteiger partial charge in [-0.15, -0.1) is 0 Å². The van der Waals surface area contributed by atoms with Crippen molar-refractivity contribution in [3.63, 3.8) is 0 Å². The molecule has 0 amide bonds. The minimum atomic E-state index is -0.396. The van der Waals surface area contributed by atoms with Crippen LogP contribution in [0, 0.1) is 0 Å². The lowest BCUT2D eigenvalue weighted by Gasteiger charge is -2.02. The molecule has 0 atom stereocenters. The minimum Gasteiger partial charge on any atom is -0.466 e. The van der Waals surface area contributed by atoms with Gasteiger partial charge in [0.1, 0.15) is 0 Å². The fraction of sp³-hybridized carbons (Fsp3) is 0.0833. The molecular weight excluding hydrogens is 371 g/mol. The van der Waals surface area contributed by atoms with Gasteiger partial charge in [0.25, 0.3) is 0 Å². The Hall–Kier alpha value is -0.580. The minimum absolute atomic E-state index is 0.396. The smallest absolute Gasteiger partial charge is 0.330 e. The van der Waals surface area contributed by atoms with Crippen molar-refractivity contribution < 1.29 is 9.53 Å². The number of carbonyl (C=O) groups is 1. The molecule has 5 heteroatoms. The van der Waals surface area contributed by atoms with Crippen molar-refractivity contribution in [3.8, 4) is 0 Å². The van der Waals surface area contributed by atoms with Crippen LogP contribution in [0.15, 0.2) is 27.7 Å². The molecular formula is C12H9Br2ClO2. The van der Waals surface area contributed by atoms with E-state index in [9.17, 15) is 4.79 Å². The van der Waals surface area contributed by atoms with Crippen LogP contribution in [0.1, 0.15) is 11.1 Å². The maximum atomic E-state index is 11.0. The first kappa shape index (κ1) is 14.5. The number of esters is 1. The lowest BCUT2D eigenvalue weighted by molar-refractivity contribution is -0.134. The zero-order valence-electron chi connectivity index (χ0n) is 8.91. The van der Waals surface area contributed by atoms with Crippen LogP contribution in [0.5, 0.6) is 0 Å². The van der Waals surface area contributed by atoms with E-state index in [0.717, 1.165) is 14.5 Å². The topological polar surface area (TPSA) is 26.3 Å². The van der Waals surface area contributed by atoms with Crippen molar-refractivity contribution in [2.24, 2.45) is 0 Å². The summed E-state index contributed by atoms with van der Waals surface area (Å²) in [6, 6.07) is 5.40. The molecule has 0 unspecified atom stereocenters. The summed E-state index contributed by atoms with van der Waals surface area (Å²) in [5.74, 6) is -0.396. The molecule has 0 bridgehead atoms. The molecule has 0 heterocycles. The largest absolute Gasteiger partial charge is 0.466 e. The van der Waals surface area contributed by atoms with Crippen molar-refractivity contribution >= 4 is 61.6 Å². The number of hydrogen-bond donors (Lipinski definition) is 0. The molecule has 0 aromatic heterocycles. The second kappa shape index (κ2) is 6.99. The van der Waals surface area contributed by atoms with Crippen LogP contribution in [-0.2, 0) is 9.53 Å². The molecule has 2 nitrogen and oxygen atoms in total. The third kappa shape index (κ3) is 5.06. The zero-order valence-corrected chi connectivity index (χ0v) is 12.8. The van der Waals surface area contributed by atoms with Crippen molar-refractivity contribution in [1.29, 1.82) is 0 Å². The van der Waals surface area contributed by atoms with Crippen LogP contribution in [0.4, 0.5) is 0 Å². The summed E-state index contributed by atoms with van der Waals surface area (Å²) in [7, 11) is 1.34. The van der Waals surface area contributed by atoms with Gasteiger partial charge < -0.3 is 4.74 Å². The fourth-order valence-electron chi connectivity index (χ4n) is 1.17. The lowest BCUT2D eigenvalue weighted by Crippen LogP contribution is -1.93. The number of halogens is 3. The molecule has 0 saturated heterocycles. The summed E-state index contributed by atoms with van der Waals surface area (Å²) in [5, 5.41) is 0.632. The molecule has 1 rings (SSSR count). The molecule has 0 aliphatic carbocycles. The van der Waals surface area contributed by atoms with Gasteiger partial charge in [-0.3, -0.25) is 0 Å². The number of ether oxygens (including phenoxy) is 1. The first-order valence-electron chi connectivity index (χ1n) is 4.61. The number of carbonyl (C=O) groups excluding carboxylic acids is 1. The monoisotopic (exact) mass is 378 g/mol. The Balaban J connectivity index is 3.11. The molecule has 0 radical (unpaired) electrons. The van der Waals surface area contributed by atoms with Gasteiger partial charge in [-0.2, -0.15) is 0 Å². The number of hydrogen-bond acceptors (Lipinski definition) is 2. The Morgan fingerprint density at radius 3 is 2.65 bits per heavy atom. The Labute approximate surface area is 122 Å². The summed E-state index contributed by atoms with van der Waals surface area (Å²) in [6.07, 6.45) is 4.89. The molecule has 0 fully saturated rings. The highest BCUT2D eigenvalue weighted by Gasteiger charge is 2.00. The molecule has 0 aliphatic rings. The average molecular weight is 380 g/mol. The van der Waals surface area contributed by atoms with E-state index in [1.165, 1.54) is 13.2 Å².